The van der Waals surface area contributed by atoms with E-state index in [2.05, 4.69) is 10.4 Å². The van der Waals surface area contributed by atoms with Crippen molar-refractivity contribution in [3.63, 3.8) is 0 Å². The van der Waals surface area contributed by atoms with Gasteiger partial charge in [-0.1, -0.05) is 18.2 Å². The van der Waals surface area contributed by atoms with Gasteiger partial charge < -0.3 is 15.0 Å². The van der Waals surface area contributed by atoms with Gasteiger partial charge in [0.2, 0.25) is 5.91 Å². The number of rotatable bonds is 6. The fourth-order valence-electron chi connectivity index (χ4n) is 3.17. The number of para-hydroxylation sites is 1. The normalized spacial score (nSPS) is 14.7. The summed E-state index contributed by atoms with van der Waals surface area (Å²) in [6.45, 7) is 1.58. The highest BCUT2D eigenvalue weighted by Gasteiger charge is 2.28. The Kier molecular flexibility index (Phi) is 6.54. The van der Waals surface area contributed by atoms with Crippen molar-refractivity contribution in [2.24, 2.45) is 5.92 Å². The van der Waals surface area contributed by atoms with Crippen molar-refractivity contribution in [3.8, 4) is 0 Å². The standard InChI is InChI=1S/C20H24N4O4/c1-28-14-13-24-18(25)8-7-17(22-24)20(27)23-11-9-15(10-12-23)19(26)21-16-5-3-2-4-6-16/h2-8,15H,9-14H2,1H3,(H,21,26). The Hall–Kier alpha value is -3.00. The van der Waals surface area contributed by atoms with Crippen molar-refractivity contribution in [3.05, 3.63) is 58.5 Å². The third-order valence-corrected chi connectivity index (χ3v) is 4.79. The van der Waals surface area contributed by atoms with Gasteiger partial charge in [0.25, 0.3) is 11.5 Å². The number of piperidine rings is 1. The van der Waals surface area contributed by atoms with Crippen molar-refractivity contribution in [2.75, 3.05) is 32.1 Å². The van der Waals surface area contributed by atoms with Crippen LogP contribution in [0.4, 0.5) is 5.69 Å². The maximum Gasteiger partial charge on any atom is 0.274 e. The third-order valence-electron chi connectivity index (χ3n) is 4.79. The number of aromatic nitrogens is 2. The molecule has 0 radical (unpaired) electrons. The zero-order valence-corrected chi connectivity index (χ0v) is 15.8. The highest BCUT2D eigenvalue weighted by Crippen LogP contribution is 2.20. The number of ether oxygens (including phenoxy) is 1. The molecule has 148 valence electrons. The summed E-state index contributed by atoms with van der Waals surface area (Å²) in [5, 5.41) is 7.06. The van der Waals surface area contributed by atoms with E-state index in [4.69, 9.17) is 4.74 Å². The zero-order chi connectivity index (χ0) is 19.9. The third kappa shape index (κ3) is 4.83. The van der Waals surface area contributed by atoms with E-state index >= 15 is 0 Å². The summed E-state index contributed by atoms with van der Waals surface area (Å²) in [5.41, 5.74) is 0.723. The van der Waals surface area contributed by atoms with Crippen LogP contribution in [0.25, 0.3) is 0 Å². The van der Waals surface area contributed by atoms with Crippen LogP contribution in [0, 0.1) is 5.92 Å². The second-order valence-electron chi connectivity index (χ2n) is 6.69. The molecule has 1 N–H and O–H groups in total. The summed E-state index contributed by atoms with van der Waals surface area (Å²) in [6.07, 6.45) is 1.18. The van der Waals surface area contributed by atoms with Gasteiger partial charge in [-0.2, -0.15) is 5.10 Å². The molecule has 0 saturated carbocycles. The van der Waals surface area contributed by atoms with E-state index in [0.29, 0.717) is 32.5 Å². The molecule has 0 atom stereocenters. The van der Waals surface area contributed by atoms with E-state index in [-0.39, 0.29) is 35.5 Å². The van der Waals surface area contributed by atoms with Crippen molar-refractivity contribution in [2.45, 2.75) is 19.4 Å². The van der Waals surface area contributed by atoms with E-state index in [9.17, 15) is 14.4 Å². The Morgan fingerprint density at radius 2 is 1.86 bits per heavy atom. The number of anilines is 1. The summed E-state index contributed by atoms with van der Waals surface area (Å²) in [6, 6.07) is 12.1. The first-order valence-electron chi connectivity index (χ1n) is 9.31. The first-order valence-corrected chi connectivity index (χ1v) is 9.31. The smallest absolute Gasteiger partial charge is 0.274 e. The van der Waals surface area contributed by atoms with Crippen molar-refractivity contribution in [1.82, 2.24) is 14.7 Å². The largest absolute Gasteiger partial charge is 0.383 e. The Morgan fingerprint density at radius 1 is 1.14 bits per heavy atom. The van der Waals surface area contributed by atoms with Crippen molar-refractivity contribution < 1.29 is 14.3 Å². The minimum Gasteiger partial charge on any atom is -0.383 e. The number of amides is 2. The van der Waals surface area contributed by atoms with Gasteiger partial charge in [-0.15, -0.1) is 0 Å². The molecule has 1 aliphatic rings. The van der Waals surface area contributed by atoms with Crippen LogP contribution in [0.5, 0.6) is 0 Å². The highest BCUT2D eigenvalue weighted by molar-refractivity contribution is 5.94. The SMILES string of the molecule is COCCn1nc(C(=O)N2CCC(C(=O)Nc3ccccc3)CC2)ccc1=O. The monoisotopic (exact) mass is 384 g/mol. The van der Waals surface area contributed by atoms with E-state index in [1.54, 1.807) is 4.90 Å². The minimum absolute atomic E-state index is 0.0236. The fraction of sp³-hybridized carbons (Fsp3) is 0.400. The molecule has 0 unspecified atom stereocenters. The summed E-state index contributed by atoms with van der Waals surface area (Å²) < 4.78 is 6.19. The summed E-state index contributed by atoms with van der Waals surface area (Å²) in [4.78, 5) is 38.6. The molecule has 8 heteroatoms. The number of nitrogens with one attached hydrogen (secondary N) is 1. The molecule has 0 aliphatic carbocycles. The van der Waals surface area contributed by atoms with E-state index < -0.39 is 0 Å². The van der Waals surface area contributed by atoms with Crippen molar-refractivity contribution >= 4 is 17.5 Å². The molecule has 1 fully saturated rings. The van der Waals surface area contributed by atoms with E-state index in [1.807, 2.05) is 30.3 Å². The molecular formula is C20H24N4O4. The molecule has 1 saturated heterocycles. The lowest BCUT2D eigenvalue weighted by Crippen LogP contribution is -2.42. The lowest BCUT2D eigenvalue weighted by molar-refractivity contribution is -0.121. The van der Waals surface area contributed by atoms with Gasteiger partial charge in [0.1, 0.15) is 5.69 Å². The number of hydrogen-bond acceptors (Lipinski definition) is 5. The first kappa shape index (κ1) is 19.8. The van der Waals surface area contributed by atoms with Crippen LogP contribution in [0.3, 0.4) is 0 Å². The van der Waals surface area contributed by atoms with Gasteiger partial charge in [0, 0.05) is 37.9 Å². The van der Waals surface area contributed by atoms with Gasteiger partial charge in [0.15, 0.2) is 0 Å². The molecule has 3 rings (SSSR count). The molecule has 2 aromatic rings. The quantitative estimate of drug-likeness (QED) is 0.812. The van der Waals surface area contributed by atoms with Gasteiger partial charge in [-0.3, -0.25) is 14.4 Å². The van der Waals surface area contributed by atoms with Crippen LogP contribution >= 0.6 is 0 Å². The lowest BCUT2D eigenvalue weighted by Gasteiger charge is -2.31. The number of likely N-dealkylation sites (tertiary alicyclic amines) is 1. The molecule has 1 aromatic carbocycles. The predicted octanol–water partition coefficient (Wildman–Crippen LogP) is 1.38. The zero-order valence-electron chi connectivity index (χ0n) is 15.8. The minimum atomic E-state index is -0.273. The maximum absolute atomic E-state index is 12.7. The van der Waals surface area contributed by atoms with Crippen LogP contribution in [0.2, 0.25) is 0 Å². The molecule has 8 nitrogen and oxygen atoms in total. The Labute approximate surface area is 163 Å². The molecular weight excluding hydrogens is 360 g/mol. The van der Waals surface area contributed by atoms with Crippen molar-refractivity contribution in [1.29, 1.82) is 0 Å². The highest BCUT2D eigenvalue weighted by atomic mass is 16.5. The number of benzene rings is 1. The van der Waals surface area contributed by atoms with Crippen LogP contribution in [-0.4, -0.2) is 53.3 Å². The topological polar surface area (TPSA) is 93.5 Å². The van der Waals surface area contributed by atoms with Crippen LogP contribution in [-0.2, 0) is 16.1 Å². The second kappa shape index (κ2) is 9.27. The molecule has 2 heterocycles. The van der Waals surface area contributed by atoms with E-state index in [0.717, 1.165) is 5.69 Å². The van der Waals surface area contributed by atoms with Gasteiger partial charge in [-0.05, 0) is 31.0 Å². The molecule has 1 aliphatic heterocycles. The molecule has 0 spiro atoms. The summed E-state index contributed by atoms with van der Waals surface area (Å²) in [5.74, 6) is -0.384. The molecule has 2 amide bonds. The lowest BCUT2D eigenvalue weighted by atomic mass is 9.95. The van der Waals surface area contributed by atoms with Crippen LogP contribution in [0.15, 0.2) is 47.3 Å². The Bertz CT molecular complexity index is 873. The Morgan fingerprint density at radius 3 is 2.54 bits per heavy atom. The summed E-state index contributed by atoms with van der Waals surface area (Å²) >= 11 is 0. The predicted molar refractivity (Wildman–Crippen MR) is 104 cm³/mol. The number of carbonyl (C=O) groups excluding carboxylic acids is 2. The summed E-state index contributed by atoms with van der Waals surface area (Å²) in [7, 11) is 1.54. The fourth-order valence-corrected chi connectivity index (χ4v) is 3.17. The average molecular weight is 384 g/mol. The number of carbonyl (C=O) groups is 2. The number of hydrogen-bond donors (Lipinski definition) is 1. The number of methoxy groups -OCH3 is 1. The van der Waals surface area contributed by atoms with Crippen LogP contribution < -0.4 is 10.9 Å². The van der Waals surface area contributed by atoms with Gasteiger partial charge >= 0.3 is 0 Å². The molecule has 0 bridgehead atoms. The number of nitrogens with zero attached hydrogens (tertiary/aromatic N) is 3. The van der Waals surface area contributed by atoms with Crippen LogP contribution in [0.1, 0.15) is 23.3 Å². The Balaban J connectivity index is 1.58. The average Bonchev–Trinajstić information content (AvgIpc) is 2.73. The van der Waals surface area contributed by atoms with Gasteiger partial charge in [0.05, 0.1) is 13.2 Å². The maximum atomic E-state index is 12.7. The second-order valence-corrected chi connectivity index (χ2v) is 6.69. The molecule has 28 heavy (non-hydrogen) atoms. The molecule has 1 aromatic heterocycles. The van der Waals surface area contributed by atoms with Gasteiger partial charge in [-0.25, -0.2) is 4.68 Å². The first-order chi connectivity index (χ1) is 13.6. The van der Waals surface area contributed by atoms with E-state index in [1.165, 1.54) is 23.9 Å².